The van der Waals surface area contributed by atoms with Crippen molar-refractivity contribution in [3.05, 3.63) is 0 Å². The van der Waals surface area contributed by atoms with Crippen LogP contribution in [0.5, 0.6) is 0 Å². The molecular weight excluding hydrogens is 128 g/mol. The van der Waals surface area contributed by atoms with Crippen LogP contribution >= 0.6 is 0 Å². The maximum absolute atomic E-state index is 9.40. The summed E-state index contributed by atoms with van der Waals surface area (Å²) in [4.78, 5) is 0. The van der Waals surface area contributed by atoms with Crippen LogP contribution in [0.3, 0.4) is 0 Å². The lowest BCUT2D eigenvalue weighted by Crippen LogP contribution is -2.18. The first-order valence-corrected chi connectivity index (χ1v) is 4.21. The number of rotatable bonds is 0. The maximum Gasteiger partial charge on any atom is 0.110 e. The Morgan fingerprint density at radius 1 is 1.10 bits per heavy atom. The van der Waals surface area contributed by atoms with Gasteiger partial charge in [0.1, 0.15) is 6.10 Å². The summed E-state index contributed by atoms with van der Waals surface area (Å²) in [6, 6.07) is 0. The highest BCUT2D eigenvalue weighted by atomic mass is 16.6. The second-order valence-electron chi connectivity index (χ2n) is 3.34. The van der Waals surface area contributed by atoms with Crippen LogP contribution in [0.1, 0.15) is 32.1 Å². The van der Waals surface area contributed by atoms with Crippen molar-refractivity contribution >= 4 is 0 Å². The topological polar surface area (TPSA) is 32.8 Å². The van der Waals surface area contributed by atoms with Gasteiger partial charge in [0.05, 0.1) is 12.2 Å². The molecule has 1 saturated carbocycles. The molecule has 0 unspecified atom stereocenters. The fraction of sp³-hybridized carbons (Fsp3) is 1.00. The first-order valence-electron chi connectivity index (χ1n) is 4.21. The van der Waals surface area contributed by atoms with E-state index in [0.29, 0.717) is 6.10 Å². The Kier molecular flexibility index (Phi) is 1.66. The van der Waals surface area contributed by atoms with E-state index in [4.69, 9.17) is 4.74 Å². The molecule has 0 aromatic carbocycles. The van der Waals surface area contributed by atoms with Crippen molar-refractivity contribution < 1.29 is 9.84 Å². The first-order chi connectivity index (χ1) is 4.88. The van der Waals surface area contributed by atoms with E-state index in [1.807, 2.05) is 0 Å². The molecule has 10 heavy (non-hydrogen) atoms. The Morgan fingerprint density at radius 2 is 1.90 bits per heavy atom. The highest BCUT2D eigenvalue weighted by molar-refractivity contribution is 4.91. The number of aliphatic hydroxyl groups is 1. The van der Waals surface area contributed by atoms with E-state index in [1.54, 1.807) is 0 Å². The van der Waals surface area contributed by atoms with Crippen LogP contribution in [0.4, 0.5) is 0 Å². The minimum atomic E-state index is -0.162. The molecule has 1 N–H and O–H groups in total. The zero-order chi connectivity index (χ0) is 6.97. The van der Waals surface area contributed by atoms with E-state index in [9.17, 15) is 5.11 Å². The smallest absolute Gasteiger partial charge is 0.110 e. The molecule has 2 rings (SSSR count). The van der Waals surface area contributed by atoms with Crippen molar-refractivity contribution in [2.24, 2.45) is 0 Å². The predicted octanol–water partition coefficient (Wildman–Crippen LogP) is 1.08. The highest BCUT2D eigenvalue weighted by Gasteiger charge is 2.43. The summed E-state index contributed by atoms with van der Waals surface area (Å²) in [5, 5.41) is 9.40. The SMILES string of the molecule is O[C@H]1CCCCC[C@H]2O[C@@H]12. The number of fused-ring (bicyclic) bond motifs is 1. The lowest BCUT2D eigenvalue weighted by Gasteiger charge is -2.09. The largest absolute Gasteiger partial charge is 0.390 e. The molecule has 1 saturated heterocycles. The molecule has 2 fully saturated rings. The molecule has 0 aromatic heterocycles. The molecule has 2 aliphatic rings. The second-order valence-corrected chi connectivity index (χ2v) is 3.34. The van der Waals surface area contributed by atoms with Crippen LogP contribution in [-0.2, 0) is 4.74 Å². The zero-order valence-corrected chi connectivity index (χ0v) is 6.12. The standard InChI is InChI=1S/C8H14O2/c9-6-4-2-1-3-5-7-8(6)10-7/h6-9H,1-5H2/t6-,7+,8-/m0/s1. The van der Waals surface area contributed by atoms with Crippen molar-refractivity contribution in [2.75, 3.05) is 0 Å². The van der Waals surface area contributed by atoms with Gasteiger partial charge >= 0.3 is 0 Å². The van der Waals surface area contributed by atoms with E-state index in [0.717, 1.165) is 6.42 Å². The quantitative estimate of drug-likeness (QED) is 0.513. The molecule has 1 aliphatic carbocycles. The predicted molar refractivity (Wildman–Crippen MR) is 37.8 cm³/mol. The summed E-state index contributed by atoms with van der Waals surface area (Å²) in [6.45, 7) is 0. The van der Waals surface area contributed by atoms with E-state index in [2.05, 4.69) is 0 Å². The van der Waals surface area contributed by atoms with Gasteiger partial charge in [-0.2, -0.15) is 0 Å². The lowest BCUT2D eigenvalue weighted by atomic mass is 9.99. The summed E-state index contributed by atoms with van der Waals surface area (Å²) >= 11 is 0. The van der Waals surface area contributed by atoms with Crippen LogP contribution in [0.15, 0.2) is 0 Å². The van der Waals surface area contributed by atoms with Gasteiger partial charge in [-0.1, -0.05) is 19.3 Å². The fourth-order valence-corrected chi connectivity index (χ4v) is 1.77. The van der Waals surface area contributed by atoms with Crippen molar-refractivity contribution in [3.8, 4) is 0 Å². The van der Waals surface area contributed by atoms with Gasteiger partial charge in [0.25, 0.3) is 0 Å². The number of aliphatic hydroxyl groups excluding tert-OH is 1. The van der Waals surface area contributed by atoms with Gasteiger partial charge in [-0.25, -0.2) is 0 Å². The third-order valence-electron chi connectivity index (χ3n) is 2.49. The normalized spacial score (nSPS) is 47.1. The molecule has 0 aromatic rings. The summed E-state index contributed by atoms with van der Waals surface area (Å²) in [5.74, 6) is 0. The maximum atomic E-state index is 9.40. The molecular formula is C8H14O2. The van der Waals surface area contributed by atoms with Crippen LogP contribution < -0.4 is 0 Å². The molecule has 0 radical (unpaired) electrons. The highest BCUT2D eigenvalue weighted by Crippen LogP contribution is 2.34. The van der Waals surface area contributed by atoms with E-state index >= 15 is 0 Å². The number of hydrogen-bond donors (Lipinski definition) is 1. The van der Waals surface area contributed by atoms with E-state index in [-0.39, 0.29) is 12.2 Å². The van der Waals surface area contributed by atoms with Crippen LogP contribution in [-0.4, -0.2) is 23.4 Å². The summed E-state index contributed by atoms with van der Waals surface area (Å²) < 4.78 is 5.30. The molecule has 0 spiro atoms. The number of epoxide rings is 1. The average Bonchev–Trinajstić information content (AvgIpc) is 2.62. The summed E-state index contributed by atoms with van der Waals surface area (Å²) in [6.07, 6.45) is 6.30. The molecule has 2 nitrogen and oxygen atoms in total. The number of hydrogen-bond acceptors (Lipinski definition) is 2. The molecule has 58 valence electrons. The molecule has 1 aliphatic heterocycles. The Hall–Kier alpha value is -0.0800. The Bertz CT molecular complexity index is 124. The van der Waals surface area contributed by atoms with E-state index in [1.165, 1.54) is 25.7 Å². The van der Waals surface area contributed by atoms with Crippen molar-refractivity contribution in [1.82, 2.24) is 0 Å². The fourth-order valence-electron chi connectivity index (χ4n) is 1.77. The first kappa shape index (κ1) is 6.62. The monoisotopic (exact) mass is 142 g/mol. The second kappa shape index (κ2) is 2.51. The van der Waals surface area contributed by atoms with Gasteiger partial charge in [-0.3, -0.25) is 0 Å². The minimum Gasteiger partial charge on any atom is -0.390 e. The summed E-state index contributed by atoms with van der Waals surface area (Å²) in [5.41, 5.74) is 0. The molecule has 3 atom stereocenters. The van der Waals surface area contributed by atoms with Crippen molar-refractivity contribution in [2.45, 2.75) is 50.4 Å². The Labute approximate surface area is 61.2 Å². The molecule has 1 heterocycles. The third-order valence-corrected chi connectivity index (χ3v) is 2.49. The average molecular weight is 142 g/mol. The van der Waals surface area contributed by atoms with Crippen LogP contribution in [0.25, 0.3) is 0 Å². The van der Waals surface area contributed by atoms with Gasteiger partial charge in [-0.15, -0.1) is 0 Å². The third kappa shape index (κ3) is 1.18. The van der Waals surface area contributed by atoms with Crippen LogP contribution in [0.2, 0.25) is 0 Å². The van der Waals surface area contributed by atoms with E-state index < -0.39 is 0 Å². The Morgan fingerprint density at radius 3 is 2.80 bits per heavy atom. The van der Waals surface area contributed by atoms with Crippen LogP contribution in [0, 0.1) is 0 Å². The summed E-state index contributed by atoms with van der Waals surface area (Å²) in [7, 11) is 0. The van der Waals surface area contributed by atoms with Crippen molar-refractivity contribution in [3.63, 3.8) is 0 Å². The van der Waals surface area contributed by atoms with Gasteiger partial charge in [0, 0.05) is 0 Å². The minimum absolute atomic E-state index is 0.162. The zero-order valence-electron chi connectivity index (χ0n) is 6.12. The van der Waals surface area contributed by atoms with Gasteiger partial charge in [0.2, 0.25) is 0 Å². The molecule has 0 bridgehead atoms. The molecule has 2 heteroatoms. The van der Waals surface area contributed by atoms with Gasteiger partial charge in [0.15, 0.2) is 0 Å². The lowest BCUT2D eigenvalue weighted by molar-refractivity contribution is 0.124. The molecule has 0 amide bonds. The van der Waals surface area contributed by atoms with Gasteiger partial charge in [-0.05, 0) is 12.8 Å². The Balaban J connectivity index is 1.88. The number of ether oxygens (including phenoxy) is 1. The van der Waals surface area contributed by atoms with Gasteiger partial charge < -0.3 is 9.84 Å². The van der Waals surface area contributed by atoms with Crippen molar-refractivity contribution in [1.29, 1.82) is 0 Å².